The highest BCUT2D eigenvalue weighted by Gasteiger charge is 2.11. The molecule has 3 aromatic rings. The molecular weight excluding hydrogens is 228 g/mol. The summed E-state index contributed by atoms with van der Waals surface area (Å²) in [7, 11) is 3.85. The van der Waals surface area contributed by atoms with Gasteiger partial charge in [-0.2, -0.15) is 9.61 Å². The summed E-state index contributed by atoms with van der Waals surface area (Å²) in [5.41, 5.74) is 2.81. The lowest BCUT2D eigenvalue weighted by molar-refractivity contribution is 0.849. The van der Waals surface area contributed by atoms with Crippen LogP contribution in [0, 0.1) is 0 Å². The van der Waals surface area contributed by atoms with E-state index in [0.29, 0.717) is 0 Å². The minimum atomic E-state index is 0.750. The molecule has 0 aromatic carbocycles. The van der Waals surface area contributed by atoms with Gasteiger partial charge in [-0.05, 0) is 17.7 Å². The summed E-state index contributed by atoms with van der Waals surface area (Å²) in [5, 5.41) is 4.35. The molecule has 0 N–H and O–H groups in total. The van der Waals surface area contributed by atoms with Crippen molar-refractivity contribution in [1.29, 1.82) is 0 Å². The first-order chi connectivity index (χ1) is 8.77. The van der Waals surface area contributed by atoms with Crippen molar-refractivity contribution in [1.82, 2.24) is 24.6 Å². The molecular formula is C12H12N6. The Kier molecular flexibility index (Phi) is 2.40. The van der Waals surface area contributed by atoms with Crippen molar-refractivity contribution in [3.63, 3.8) is 0 Å². The molecule has 0 atom stereocenters. The molecule has 0 bridgehead atoms. The monoisotopic (exact) mass is 240 g/mol. The number of hydrogen-bond donors (Lipinski definition) is 0. The first kappa shape index (κ1) is 10.6. The largest absolute Gasteiger partial charge is 0.347 e. The molecule has 0 aliphatic rings. The van der Waals surface area contributed by atoms with E-state index < -0.39 is 0 Å². The van der Waals surface area contributed by atoms with Crippen LogP contribution in [-0.4, -0.2) is 38.7 Å². The summed E-state index contributed by atoms with van der Waals surface area (Å²) in [6, 6.07) is 3.88. The van der Waals surface area contributed by atoms with Crippen LogP contribution >= 0.6 is 0 Å². The maximum atomic E-state index is 4.35. The van der Waals surface area contributed by atoms with Crippen LogP contribution in [0.3, 0.4) is 0 Å². The topological polar surface area (TPSA) is 59.2 Å². The van der Waals surface area contributed by atoms with Gasteiger partial charge in [-0.1, -0.05) is 0 Å². The van der Waals surface area contributed by atoms with Crippen LogP contribution in [0.2, 0.25) is 0 Å². The predicted octanol–water partition coefficient (Wildman–Crippen LogP) is 1.25. The number of aromatic nitrogens is 5. The minimum Gasteiger partial charge on any atom is -0.347 e. The molecule has 3 aromatic heterocycles. The Labute approximate surface area is 104 Å². The van der Waals surface area contributed by atoms with Crippen molar-refractivity contribution in [2.45, 2.75) is 0 Å². The van der Waals surface area contributed by atoms with Gasteiger partial charge in [0, 0.05) is 32.1 Å². The van der Waals surface area contributed by atoms with Gasteiger partial charge in [-0.3, -0.25) is 4.98 Å². The maximum absolute atomic E-state index is 4.35. The highest BCUT2D eigenvalue weighted by atomic mass is 15.4. The third-order valence-electron chi connectivity index (χ3n) is 2.68. The van der Waals surface area contributed by atoms with Crippen LogP contribution < -0.4 is 4.90 Å². The Morgan fingerprint density at radius 1 is 1.11 bits per heavy atom. The zero-order chi connectivity index (χ0) is 12.5. The number of nitrogens with zero attached hydrogens (tertiary/aromatic N) is 6. The Balaban J connectivity index is 2.25. The van der Waals surface area contributed by atoms with Crippen molar-refractivity contribution in [3.8, 4) is 11.1 Å². The zero-order valence-electron chi connectivity index (χ0n) is 10.1. The van der Waals surface area contributed by atoms with E-state index in [2.05, 4.69) is 20.1 Å². The van der Waals surface area contributed by atoms with E-state index in [0.717, 1.165) is 22.7 Å². The third-order valence-corrected chi connectivity index (χ3v) is 2.68. The van der Waals surface area contributed by atoms with Crippen molar-refractivity contribution >= 4 is 11.6 Å². The van der Waals surface area contributed by atoms with E-state index in [9.17, 15) is 0 Å². The van der Waals surface area contributed by atoms with Gasteiger partial charge in [0.15, 0.2) is 5.65 Å². The van der Waals surface area contributed by atoms with E-state index in [1.807, 2.05) is 31.1 Å². The van der Waals surface area contributed by atoms with Gasteiger partial charge < -0.3 is 4.90 Å². The number of fused-ring (bicyclic) bond motifs is 1. The summed E-state index contributed by atoms with van der Waals surface area (Å²) in [6.45, 7) is 0. The van der Waals surface area contributed by atoms with E-state index in [1.165, 1.54) is 0 Å². The Morgan fingerprint density at radius 3 is 2.61 bits per heavy atom. The Bertz CT molecular complexity index is 673. The molecule has 18 heavy (non-hydrogen) atoms. The van der Waals surface area contributed by atoms with Gasteiger partial charge in [-0.25, -0.2) is 9.97 Å². The van der Waals surface area contributed by atoms with Gasteiger partial charge >= 0.3 is 0 Å². The van der Waals surface area contributed by atoms with Crippen LogP contribution in [0.1, 0.15) is 0 Å². The van der Waals surface area contributed by atoms with Crippen molar-refractivity contribution < 1.29 is 0 Å². The van der Waals surface area contributed by atoms with Gasteiger partial charge in [0.25, 0.3) is 0 Å². The average Bonchev–Trinajstić information content (AvgIpc) is 2.83. The van der Waals surface area contributed by atoms with Gasteiger partial charge in [0.2, 0.25) is 5.95 Å². The Morgan fingerprint density at radius 2 is 1.89 bits per heavy atom. The van der Waals surface area contributed by atoms with Gasteiger partial charge in [0.05, 0.1) is 6.20 Å². The summed E-state index contributed by atoms with van der Waals surface area (Å²) < 4.78 is 1.73. The highest BCUT2D eigenvalue weighted by Crippen LogP contribution is 2.23. The van der Waals surface area contributed by atoms with E-state index in [-0.39, 0.29) is 0 Å². The molecule has 0 aliphatic heterocycles. The normalized spacial score (nSPS) is 10.8. The van der Waals surface area contributed by atoms with Crippen LogP contribution in [0.4, 0.5) is 5.95 Å². The molecule has 90 valence electrons. The fraction of sp³-hybridized carbons (Fsp3) is 0.167. The van der Waals surface area contributed by atoms with E-state index >= 15 is 0 Å². The standard InChI is InChI=1S/C12H12N6/c1-17(2)12-15-8-14-11-10(7-16-18(11)12)9-3-5-13-6-4-9/h3-8H,1-2H3. The molecule has 0 spiro atoms. The molecule has 3 heterocycles. The molecule has 0 fully saturated rings. The fourth-order valence-corrected chi connectivity index (χ4v) is 1.84. The highest BCUT2D eigenvalue weighted by molar-refractivity contribution is 5.77. The summed E-state index contributed by atoms with van der Waals surface area (Å²) >= 11 is 0. The van der Waals surface area contributed by atoms with Crippen molar-refractivity contribution in [2.24, 2.45) is 0 Å². The van der Waals surface area contributed by atoms with E-state index in [1.54, 1.807) is 29.4 Å². The zero-order valence-corrected chi connectivity index (χ0v) is 10.1. The predicted molar refractivity (Wildman–Crippen MR) is 68.3 cm³/mol. The molecule has 6 nitrogen and oxygen atoms in total. The Hall–Kier alpha value is -2.50. The second kappa shape index (κ2) is 4.06. The van der Waals surface area contributed by atoms with Crippen molar-refractivity contribution in [3.05, 3.63) is 37.1 Å². The third kappa shape index (κ3) is 1.58. The first-order valence-electron chi connectivity index (χ1n) is 5.54. The molecule has 0 saturated carbocycles. The second-order valence-corrected chi connectivity index (χ2v) is 4.10. The summed E-state index contributed by atoms with van der Waals surface area (Å²) in [5.74, 6) is 0.750. The number of rotatable bonds is 2. The van der Waals surface area contributed by atoms with E-state index in [4.69, 9.17) is 0 Å². The molecule has 0 saturated heterocycles. The lowest BCUT2D eigenvalue weighted by Crippen LogP contribution is -2.15. The van der Waals surface area contributed by atoms with Gasteiger partial charge in [0.1, 0.15) is 6.33 Å². The summed E-state index contributed by atoms with van der Waals surface area (Å²) in [4.78, 5) is 14.4. The fourth-order valence-electron chi connectivity index (χ4n) is 1.84. The molecule has 0 unspecified atom stereocenters. The number of hydrogen-bond acceptors (Lipinski definition) is 5. The molecule has 3 rings (SSSR count). The first-order valence-corrected chi connectivity index (χ1v) is 5.54. The van der Waals surface area contributed by atoms with Crippen molar-refractivity contribution in [2.75, 3.05) is 19.0 Å². The number of pyridine rings is 1. The number of anilines is 1. The smallest absolute Gasteiger partial charge is 0.229 e. The van der Waals surface area contributed by atoms with Gasteiger partial charge in [-0.15, -0.1) is 0 Å². The minimum absolute atomic E-state index is 0.750. The quantitative estimate of drug-likeness (QED) is 0.674. The second-order valence-electron chi connectivity index (χ2n) is 4.10. The molecule has 0 amide bonds. The van der Waals surface area contributed by atoms with Crippen LogP contribution in [0.25, 0.3) is 16.8 Å². The van der Waals surface area contributed by atoms with Crippen LogP contribution in [0.15, 0.2) is 37.1 Å². The molecule has 0 radical (unpaired) electrons. The molecule has 0 aliphatic carbocycles. The maximum Gasteiger partial charge on any atom is 0.229 e. The van der Waals surface area contributed by atoms with Crippen LogP contribution in [-0.2, 0) is 0 Å². The van der Waals surface area contributed by atoms with Crippen LogP contribution in [0.5, 0.6) is 0 Å². The molecule has 6 heteroatoms. The lowest BCUT2D eigenvalue weighted by atomic mass is 10.1. The summed E-state index contributed by atoms with van der Waals surface area (Å²) in [6.07, 6.45) is 6.86. The lowest BCUT2D eigenvalue weighted by Gasteiger charge is -2.11. The SMILES string of the molecule is CN(C)c1ncnc2c(-c3ccncc3)cnn12. The average molecular weight is 240 g/mol.